The number of alkyl halides is 3. The number of nitrogens with one attached hydrogen (secondary N) is 1. The molecule has 5 rings (SSSR count). The van der Waals surface area contributed by atoms with E-state index in [1.807, 2.05) is 13.8 Å². The summed E-state index contributed by atoms with van der Waals surface area (Å²) >= 11 is 7.88. The Kier molecular flexibility index (Phi) is 4.63. The number of thiophene rings is 1. The zero-order valence-electron chi connectivity index (χ0n) is 16.3. The fraction of sp³-hybridized carbons (Fsp3) is 0.316. The van der Waals surface area contributed by atoms with E-state index in [1.54, 1.807) is 4.90 Å². The van der Waals surface area contributed by atoms with Gasteiger partial charge in [-0.3, -0.25) is 0 Å². The number of halogens is 4. The van der Waals surface area contributed by atoms with Crippen LogP contribution in [0.15, 0.2) is 18.7 Å². The molecule has 0 amide bonds. The average Bonchev–Trinajstić information content (AvgIpc) is 3.07. The van der Waals surface area contributed by atoms with Gasteiger partial charge in [-0.25, -0.2) is 24.9 Å². The van der Waals surface area contributed by atoms with Gasteiger partial charge in [-0.1, -0.05) is 11.6 Å². The van der Waals surface area contributed by atoms with Gasteiger partial charge in [0, 0.05) is 30.9 Å². The summed E-state index contributed by atoms with van der Waals surface area (Å²) in [6.07, 6.45) is -1.34. The third kappa shape index (κ3) is 3.41. The fourth-order valence-electron chi connectivity index (χ4n) is 3.56. The van der Waals surface area contributed by atoms with Crippen LogP contribution in [0.3, 0.4) is 0 Å². The van der Waals surface area contributed by atoms with E-state index in [1.165, 1.54) is 17.7 Å². The van der Waals surface area contributed by atoms with Crippen LogP contribution in [0, 0.1) is 13.8 Å². The van der Waals surface area contributed by atoms with Gasteiger partial charge in [0.2, 0.25) is 5.95 Å². The maximum absolute atomic E-state index is 12.7. The minimum Gasteiger partial charge on any atom is -0.362 e. The van der Waals surface area contributed by atoms with Gasteiger partial charge in [-0.2, -0.15) is 13.2 Å². The molecule has 0 radical (unpaired) electrons. The van der Waals surface area contributed by atoms with Crippen LogP contribution in [0.5, 0.6) is 0 Å². The van der Waals surface area contributed by atoms with Crippen LogP contribution in [-0.4, -0.2) is 44.1 Å². The maximum Gasteiger partial charge on any atom is 0.419 e. The summed E-state index contributed by atoms with van der Waals surface area (Å²) in [6, 6.07) is 0.0496. The highest BCUT2D eigenvalue weighted by atomic mass is 35.5. The molecule has 7 nitrogen and oxygen atoms in total. The number of nitrogens with zero attached hydrogens (tertiary/aromatic N) is 6. The summed E-state index contributed by atoms with van der Waals surface area (Å²) in [5.41, 5.74) is 1.65. The Hall–Kier alpha value is -2.79. The fourth-order valence-corrected chi connectivity index (χ4v) is 4.88. The number of aryl methyl sites for hydroxylation is 2. The van der Waals surface area contributed by atoms with Gasteiger partial charge < -0.3 is 10.2 Å². The molecule has 0 aliphatic carbocycles. The first-order chi connectivity index (χ1) is 14.7. The van der Waals surface area contributed by atoms with Gasteiger partial charge in [-0.05, 0) is 19.4 Å². The lowest BCUT2D eigenvalue weighted by atomic mass is 10.1. The molecule has 1 aliphatic rings. The summed E-state index contributed by atoms with van der Waals surface area (Å²) in [4.78, 5) is 23.7. The standard InChI is InChI=1S/C19H15ClF3N7S/c1-8-12-14-15(31-17(12)28-9(2)13(8)20)16(27-7-26-14)29-11-5-30(6-11)18-24-3-10(4-25-18)19(21,22)23/h3-4,7,11H,5-6H2,1-2H3,(H,26,27,29). The monoisotopic (exact) mass is 465 g/mol. The second-order valence-electron chi connectivity index (χ2n) is 7.33. The normalized spacial score (nSPS) is 15.0. The second kappa shape index (κ2) is 7.13. The highest BCUT2D eigenvalue weighted by Crippen LogP contribution is 2.39. The Morgan fingerprint density at radius 2 is 1.84 bits per heavy atom. The molecule has 4 aromatic rings. The van der Waals surface area contributed by atoms with E-state index in [-0.39, 0.29) is 12.0 Å². The van der Waals surface area contributed by atoms with Gasteiger partial charge in [0.15, 0.2) is 0 Å². The van der Waals surface area contributed by atoms with E-state index in [2.05, 4.69) is 30.2 Å². The van der Waals surface area contributed by atoms with Crippen molar-refractivity contribution in [2.45, 2.75) is 26.1 Å². The number of hydrogen-bond donors (Lipinski definition) is 1. The topological polar surface area (TPSA) is 79.7 Å². The molecule has 0 unspecified atom stereocenters. The number of rotatable bonds is 3. The van der Waals surface area contributed by atoms with E-state index in [0.29, 0.717) is 23.9 Å². The first kappa shape index (κ1) is 20.1. The molecule has 1 N–H and O–H groups in total. The van der Waals surface area contributed by atoms with Crippen molar-refractivity contribution < 1.29 is 13.2 Å². The third-order valence-corrected chi connectivity index (χ3v) is 6.85. The lowest BCUT2D eigenvalue weighted by molar-refractivity contribution is -0.138. The molecule has 4 aromatic heterocycles. The zero-order chi connectivity index (χ0) is 21.9. The van der Waals surface area contributed by atoms with Crippen molar-refractivity contribution in [3.05, 3.63) is 40.6 Å². The van der Waals surface area contributed by atoms with Crippen LogP contribution in [0.4, 0.5) is 24.9 Å². The molecule has 0 spiro atoms. The molecule has 0 aromatic carbocycles. The largest absolute Gasteiger partial charge is 0.419 e. The van der Waals surface area contributed by atoms with Crippen molar-refractivity contribution in [1.29, 1.82) is 0 Å². The summed E-state index contributed by atoms with van der Waals surface area (Å²) in [5.74, 6) is 0.963. The van der Waals surface area contributed by atoms with Crippen LogP contribution in [0.1, 0.15) is 16.8 Å². The first-order valence-corrected chi connectivity index (χ1v) is 10.5. The van der Waals surface area contributed by atoms with E-state index in [9.17, 15) is 13.2 Å². The number of anilines is 2. The van der Waals surface area contributed by atoms with Crippen LogP contribution in [-0.2, 0) is 6.18 Å². The van der Waals surface area contributed by atoms with Crippen LogP contribution in [0.2, 0.25) is 5.02 Å². The summed E-state index contributed by atoms with van der Waals surface area (Å²) in [6.45, 7) is 4.92. The highest BCUT2D eigenvalue weighted by molar-refractivity contribution is 7.26. The number of hydrogen-bond acceptors (Lipinski definition) is 8. The van der Waals surface area contributed by atoms with Gasteiger partial charge >= 0.3 is 6.18 Å². The van der Waals surface area contributed by atoms with Crippen LogP contribution >= 0.6 is 22.9 Å². The molecule has 1 aliphatic heterocycles. The van der Waals surface area contributed by atoms with Gasteiger partial charge in [0.25, 0.3) is 0 Å². The molecule has 0 saturated carbocycles. The van der Waals surface area contributed by atoms with Crippen LogP contribution in [0.25, 0.3) is 20.4 Å². The van der Waals surface area contributed by atoms with Crippen molar-refractivity contribution in [3.63, 3.8) is 0 Å². The van der Waals surface area contributed by atoms with Crippen molar-refractivity contribution in [2.75, 3.05) is 23.3 Å². The summed E-state index contributed by atoms with van der Waals surface area (Å²) in [5, 5.41) is 4.94. The van der Waals surface area contributed by atoms with E-state index in [0.717, 1.165) is 44.1 Å². The molecule has 31 heavy (non-hydrogen) atoms. The molecule has 160 valence electrons. The predicted octanol–water partition coefficient (Wildman–Crippen LogP) is 4.62. The van der Waals surface area contributed by atoms with E-state index in [4.69, 9.17) is 11.6 Å². The number of fused-ring (bicyclic) bond motifs is 3. The Morgan fingerprint density at radius 3 is 2.52 bits per heavy atom. The lowest BCUT2D eigenvalue weighted by Gasteiger charge is -2.39. The predicted molar refractivity (Wildman–Crippen MR) is 114 cm³/mol. The molecular formula is C19H15ClF3N7S. The minimum atomic E-state index is -4.45. The number of aromatic nitrogens is 5. The van der Waals surface area contributed by atoms with Gasteiger partial charge in [0.05, 0.1) is 32.5 Å². The van der Waals surface area contributed by atoms with Crippen molar-refractivity contribution >= 4 is 55.1 Å². The highest BCUT2D eigenvalue weighted by Gasteiger charge is 2.33. The number of pyridine rings is 1. The molecule has 5 heterocycles. The van der Waals surface area contributed by atoms with Gasteiger partial charge in [0.1, 0.15) is 17.0 Å². The third-order valence-electron chi connectivity index (χ3n) is 5.22. The van der Waals surface area contributed by atoms with E-state index >= 15 is 0 Å². The summed E-state index contributed by atoms with van der Waals surface area (Å²) in [7, 11) is 0. The van der Waals surface area contributed by atoms with Gasteiger partial charge in [-0.15, -0.1) is 11.3 Å². The lowest BCUT2D eigenvalue weighted by Crippen LogP contribution is -2.55. The SMILES string of the molecule is Cc1nc2sc3c(NC4CN(c5ncc(C(F)(F)F)cn5)C4)ncnc3c2c(C)c1Cl. The average molecular weight is 466 g/mol. The minimum absolute atomic E-state index is 0.0496. The Morgan fingerprint density at radius 1 is 1.13 bits per heavy atom. The Labute approximate surface area is 183 Å². The molecular weight excluding hydrogens is 451 g/mol. The molecule has 1 saturated heterocycles. The quantitative estimate of drug-likeness (QED) is 0.473. The Bertz CT molecular complexity index is 1300. The van der Waals surface area contributed by atoms with Crippen molar-refractivity contribution in [1.82, 2.24) is 24.9 Å². The maximum atomic E-state index is 12.7. The molecule has 0 atom stereocenters. The zero-order valence-corrected chi connectivity index (χ0v) is 17.9. The van der Waals surface area contributed by atoms with Crippen molar-refractivity contribution in [3.8, 4) is 0 Å². The molecule has 12 heteroatoms. The second-order valence-corrected chi connectivity index (χ2v) is 8.71. The van der Waals surface area contributed by atoms with E-state index < -0.39 is 11.7 Å². The van der Waals surface area contributed by atoms with Crippen LogP contribution < -0.4 is 10.2 Å². The van der Waals surface area contributed by atoms with Crippen molar-refractivity contribution in [2.24, 2.45) is 0 Å². The Balaban J connectivity index is 1.36. The first-order valence-electron chi connectivity index (χ1n) is 9.33. The molecule has 0 bridgehead atoms. The molecule has 1 fully saturated rings. The summed E-state index contributed by atoms with van der Waals surface area (Å²) < 4.78 is 38.9. The smallest absolute Gasteiger partial charge is 0.362 e.